The van der Waals surface area contributed by atoms with Crippen molar-refractivity contribution in [2.75, 3.05) is 18.4 Å². The van der Waals surface area contributed by atoms with E-state index in [-0.39, 0.29) is 18.2 Å². The number of urea groups is 1. The summed E-state index contributed by atoms with van der Waals surface area (Å²) in [6, 6.07) is 10.5. The van der Waals surface area contributed by atoms with Crippen LogP contribution in [0.1, 0.15) is 22.3 Å². The maximum atomic E-state index is 12.1. The van der Waals surface area contributed by atoms with E-state index >= 15 is 0 Å². The fourth-order valence-electron chi connectivity index (χ4n) is 2.82. The van der Waals surface area contributed by atoms with Gasteiger partial charge >= 0.3 is 6.03 Å². The molecule has 0 unspecified atom stereocenters. The van der Waals surface area contributed by atoms with Crippen LogP contribution in [0.2, 0.25) is 0 Å². The number of aryl methyl sites for hydroxylation is 3. The smallest absolute Gasteiger partial charge is 0.315 e. The molecular formula is C20H25N3O3. The summed E-state index contributed by atoms with van der Waals surface area (Å²) < 4.78 is 0. The predicted octanol–water partition coefficient (Wildman–Crippen LogP) is 2.80. The second-order valence-electron chi connectivity index (χ2n) is 6.35. The zero-order chi connectivity index (χ0) is 19.1. The molecule has 2 rings (SSSR count). The number of hydrogen-bond donors (Lipinski definition) is 4. The SMILES string of the molecule is Cc1cc(C)c(NC(=O)CNC(=O)NCCc2cccc(O)c2)c(C)c1. The van der Waals surface area contributed by atoms with Crippen molar-refractivity contribution in [3.8, 4) is 5.75 Å². The third kappa shape index (κ3) is 5.81. The minimum Gasteiger partial charge on any atom is -0.508 e. The van der Waals surface area contributed by atoms with Gasteiger partial charge in [0.1, 0.15) is 5.75 Å². The first kappa shape index (κ1) is 19.3. The van der Waals surface area contributed by atoms with Crippen molar-refractivity contribution in [3.05, 3.63) is 58.7 Å². The Labute approximate surface area is 153 Å². The van der Waals surface area contributed by atoms with Crippen LogP contribution in [-0.2, 0) is 11.2 Å². The molecule has 138 valence electrons. The average molecular weight is 355 g/mol. The molecule has 0 aliphatic heterocycles. The molecule has 4 N–H and O–H groups in total. The van der Waals surface area contributed by atoms with Crippen LogP contribution in [0, 0.1) is 20.8 Å². The quantitative estimate of drug-likeness (QED) is 0.642. The second-order valence-corrected chi connectivity index (χ2v) is 6.35. The molecule has 0 spiro atoms. The van der Waals surface area contributed by atoms with Crippen LogP contribution in [0.15, 0.2) is 36.4 Å². The Bertz CT molecular complexity index is 780. The van der Waals surface area contributed by atoms with Gasteiger partial charge < -0.3 is 21.1 Å². The molecule has 26 heavy (non-hydrogen) atoms. The second kappa shape index (κ2) is 8.89. The van der Waals surface area contributed by atoms with Gasteiger partial charge in [0, 0.05) is 12.2 Å². The van der Waals surface area contributed by atoms with E-state index in [1.54, 1.807) is 18.2 Å². The summed E-state index contributed by atoms with van der Waals surface area (Å²) in [5.74, 6) is -0.0755. The van der Waals surface area contributed by atoms with Crippen molar-refractivity contribution in [3.63, 3.8) is 0 Å². The van der Waals surface area contributed by atoms with E-state index in [1.165, 1.54) is 0 Å². The monoisotopic (exact) mass is 355 g/mol. The van der Waals surface area contributed by atoms with Crippen molar-refractivity contribution in [2.24, 2.45) is 0 Å². The van der Waals surface area contributed by atoms with E-state index in [2.05, 4.69) is 16.0 Å². The van der Waals surface area contributed by atoms with E-state index < -0.39 is 6.03 Å². The summed E-state index contributed by atoms with van der Waals surface area (Å²) >= 11 is 0. The Morgan fingerprint density at radius 3 is 2.35 bits per heavy atom. The zero-order valence-corrected chi connectivity index (χ0v) is 15.3. The zero-order valence-electron chi connectivity index (χ0n) is 15.3. The molecule has 0 aliphatic rings. The number of carbonyl (C=O) groups is 2. The molecule has 0 bridgehead atoms. The number of nitrogens with one attached hydrogen (secondary N) is 3. The van der Waals surface area contributed by atoms with Crippen molar-refractivity contribution in [1.29, 1.82) is 0 Å². The van der Waals surface area contributed by atoms with Gasteiger partial charge in [0.25, 0.3) is 0 Å². The lowest BCUT2D eigenvalue weighted by atomic mass is 10.1. The Hall–Kier alpha value is -3.02. The van der Waals surface area contributed by atoms with Crippen LogP contribution in [0.3, 0.4) is 0 Å². The number of benzene rings is 2. The fourth-order valence-corrected chi connectivity index (χ4v) is 2.82. The molecule has 0 heterocycles. The van der Waals surface area contributed by atoms with E-state index in [0.29, 0.717) is 13.0 Å². The summed E-state index contributed by atoms with van der Waals surface area (Å²) in [7, 11) is 0. The predicted molar refractivity (Wildman–Crippen MR) is 102 cm³/mol. The number of aromatic hydroxyl groups is 1. The van der Waals surface area contributed by atoms with Crippen LogP contribution in [0.25, 0.3) is 0 Å². The Morgan fingerprint density at radius 1 is 1.00 bits per heavy atom. The highest BCUT2D eigenvalue weighted by Crippen LogP contribution is 2.21. The topological polar surface area (TPSA) is 90.5 Å². The van der Waals surface area contributed by atoms with Gasteiger partial charge in [0.2, 0.25) is 5.91 Å². The Kier molecular flexibility index (Phi) is 6.60. The van der Waals surface area contributed by atoms with E-state index in [4.69, 9.17) is 0 Å². The average Bonchev–Trinajstić information content (AvgIpc) is 2.56. The van der Waals surface area contributed by atoms with Gasteiger partial charge in [-0.3, -0.25) is 4.79 Å². The van der Waals surface area contributed by atoms with Crippen LogP contribution in [0.4, 0.5) is 10.5 Å². The number of phenolic OH excluding ortho intramolecular Hbond substituents is 1. The van der Waals surface area contributed by atoms with Gasteiger partial charge in [-0.25, -0.2) is 4.79 Å². The van der Waals surface area contributed by atoms with Gasteiger partial charge in [-0.05, 0) is 56.0 Å². The lowest BCUT2D eigenvalue weighted by molar-refractivity contribution is -0.115. The number of amides is 3. The summed E-state index contributed by atoms with van der Waals surface area (Å²) in [6.07, 6.45) is 0.593. The number of hydrogen-bond acceptors (Lipinski definition) is 3. The molecule has 0 saturated carbocycles. The molecule has 6 heteroatoms. The normalized spacial score (nSPS) is 10.3. The third-order valence-electron chi connectivity index (χ3n) is 3.96. The van der Waals surface area contributed by atoms with Crippen molar-refractivity contribution in [1.82, 2.24) is 10.6 Å². The van der Waals surface area contributed by atoms with Crippen LogP contribution in [-0.4, -0.2) is 30.1 Å². The van der Waals surface area contributed by atoms with Gasteiger partial charge in [-0.1, -0.05) is 29.8 Å². The molecule has 3 amide bonds. The molecule has 0 saturated heterocycles. The Morgan fingerprint density at radius 2 is 1.69 bits per heavy atom. The van der Waals surface area contributed by atoms with Crippen molar-refractivity contribution < 1.29 is 14.7 Å². The van der Waals surface area contributed by atoms with Crippen LogP contribution >= 0.6 is 0 Å². The van der Waals surface area contributed by atoms with E-state index in [1.807, 2.05) is 39.0 Å². The summed E-state index contributed by atoms with van der Waals surface area (Å²) in [4.78, 5) is 23.8. The van der Waals surface area contributed by atoms with Gasteiger partial charge in [-0.2, -0.15) is 0 Å². The minimum absolute atomic E-state index is 0.106. The molecule has 6 nitrogen and oxygen atoms in total. The summed E-state index contributed by atoms with van der Waals surface area (Å²) in [6.45, 7) is 6.19. The first-order chi connectivity index (χ1) is 12.3. The maximum absolute atomic E-state index is 12.1. The summed E-state index contributed by atoms with van der Waals surface area (Å²) in [5.41, 5.74) is 4.83. The van der Waals surface area contributed by atoms with Crippen LogP contribution in [0.5, 0.6) is 5.75 Å². The molecule has 0 fully saturated rings. The molecular weight excluding hydrogens is 330 g/mol. The molecule has 0 aromatic heterocycles. The number of anilines is 1. The number of rotatable bonds is 6. The minimum atomic E-state index is -0.405. The molecule has 2 aromatic carbocycles. The molecule has 0 radical (unpaired) electrons. The van der Waals surface area contributed by atoms with E-state index in [0.717, 1.165) is 27.9 Å². The van der Waals surface area contributed by atoms with Gasteiger partial charge in [0.15, 0.2) is 0 Å². The standard InChI is InChI=1S/C20H25N3O3/c1-13-9-14(2)19(15(3)10-13)23-18(25)12-22-20(26)21-8-7-16-5-4-6-17(24)11-16/h4-6,9-11,24H,7-8,12H2,1-3H3,(H,23,25)(H2,21,22,26). The maximum Gasteiger partial charge on any atom is 0.315 e. The first-order valence-corrected chi connectivity index (χ1v) is 8.52. The Balaban J connectivity index is 1.74. The highest BCUT2D eigenvalue weighted by atomic mass is 16.3. The van der Waals surface area contributed by atoms with Crippen molar-refractivity contribution in [2.45, 2.75) is 27.2 Å². The number of carbonyl (C=O) groups excluding carboxylic acids is 2. The molecule has 0 atom stereocenters. The number of phenols is 1. The van der Waals surface area contributed by atoms with E-state index in [9.17, 15) is 14.7 Å². The lowest BCUT2D eigenvalue weighted by Gasteiger charge is -2.13. The highest BCUT2D eigenvalue weighted by molar-refractivity contribution is 5.95. The third-order valence-corrected chi connectivity index (χ3v) is 3.96. The van der Waals surface area contributed by atoms with Crippen molar-refractivity contribution >= 4 is 17.6 Å². The molecule has 2 aromatic rings. The van der Waals surface area contributed by atoms with Crippen LogP contribution < -0.4 is 16.0 Å². The fraction of sp³-hybridized carbons (Fsp3) is 0.300. The highest BCUT2D eigenvalue weighted by Gasteiger charge is 2.09. The van der Waals surface area contributed by atoms with Gasteiger partial charge in [-0.15, -0.1) is 0 Å². The first-order valence-electron chi connectivity index (χ1n) is 8.52. The lowest BCUT2D eigenvalue weighted by Crippen LogP contribution is -2.40. The summed E-state index contributed by atoms with van der Waals surface area (Å²) in [5, 5.41) is 17.5. The molecule has 0 aliphatic carbocycles. The largest absolute Gasteiger partial charge is 0.508 e. The van der Waals surface area contributed by atoms with Gasteiger partial charge in [0.05, 0.1) is 6.54 Å².